The van der Waals surface area contributed by atoms with Gasteiger partial charge in [-0.2, -0.15) is 23.5 Å². The fraction of sp³-hybridized carbons (Fsp3) is 0.714. The summed E-state index contributed by atoms with van der Waals surface area (Å²) < 4.78 is 13.5. The number of hydrogen-bond acceptors (Lipinski definition) is 2. The zero-order chi connectivity index (χ0) is 12.1. The van der Waals surface area contributed by atoms with E-state index in [1.54, 1.807) is 17.8 Å². The Labute approximate surface area is 113 Å². The molecule has 0 aromatic carbocycles. The van der Waals surface area contributed by atoms with Crippen LogP contribution in [0.1, 0.15) is 32.1 Å². The SMILES string of the molecule is CSCC1=CC(CSC2CCCC2)CC=C1F. The van der Waals surface area contributed by atoms with Gasteiger partial charge in [-0.3, -0.25) is 0 Å². The average molecular weight is 272 g/mol. The Morgan fingerprint density at radius 3 is 2.82 bits per heavy atom. The maximum Gasteiger partial charge on any atom is 0.122 e. The highest BCUT2D eigenvalue weighted by Crippen LogP contribution is 2.34. The number of thioether (sulfide) groups is 2. The van der Waals surface area contributed by atoms with Crippen LogP contribution in [0.5, 0.6) is 0 Å². The standard InChI is InChI=1S/C14H21FS2/c1-16-10-12-8-11(6-7-14(12)15)9-17-13-4-2-3-5-13/h7-8,11,13H,2-6,9-10H2,1H3. The molecule has 2 aliphatic carbocycles. The Kier molecular flexibility index (Phi) is 5.49. The summed E-state index contributed by atoms with van der Waals surface area (Å²) in [6.45, 7) is 0. The van der Waals surface area contributed by atoms with Crippen LogP contribution < -0.4 is 0 Å². The van der Waals surface area contributed by atoms with E-state index in [9.17, 15) is 4.39 Å². The molecule has 2 rings (SSSR count). The highest BCUT2D eigenvalue weighted by Gasteiger charge is 2.19. The first-order chi connectivity index (χ1) is 8.29. The Morgan fingerprint density at radius 1 is 1.35 bits per heavy atom. The summed E-state index contributed by atoms with van der Waals surface area (Å²) in [6.07, 6.45) is 12.5. The molecule has 0 aromatic heterocycles. The van der Waals surface area contributed by atoms with Crippen LogP contribution in [0.2, 0.25) is 0 Å². The van der Waals surface area contributed by atoms with Crippen LogP contribution in [-0.4, -0.2) is 23.0 Å². The summed E-state index contributed by atoms with van der Waals surface area (Å²) in [7, 11) is 0. The van der Waals surface area contributed by atoms with E-state index in [0.717, 1.165) is 23.0 Å². The van der Waals surface area contributed by atoms with E-state index in [4.69, 9.17) is 0 Å². The average Bonchev–Trinajstić information content (AvgIpc) is 2.83. The first-order valence-electron chi connectivity index (χ1n) is 6.47. The molecule has 0 amide bonds. The van der Waals surface area contributed by atoms with Gasteiger partial charge in [0.15, 0.2) is 0 Å². The van der Waals surface area contributed by atoms with Gasteiger partial charge in [0, 0.05) is 16.8 Å². The van der Waals surface area contributed by atoms with Crippen molar-refractivity contribution in [3.8, 4) is 0 Å². The van der Waals surface area contributed by atoms with Crippen LogP contribution in [0, 0.1) is 5.92 Å². The second-order valence-corrected chi connectivity index (χ2v) is 7.11. The molecule has 0 heterocycles. The van der Waals surface area contributed by atoms with Gasteiger partial charge in [0.2, 0.25) is 0 Å². The van der Waals surface area contributed by atoms with Gasteiger partial charge in [-0.1, -0.05) is 18.9 Å². The summed E-state index contributed by atoms with van der Waals surface area (Å²) >= 11 is 3.81. The second-order valence-electron chi connectivity index (χ2n) is 4.91. The summed E-state index contributed by atoms with van der Waals surface area (Å²) in [6, 6.07) is 0. The van der Waals surface area contributed by atoms with Gasteiger partial charge < -0.3 is 0 Å². The molecule has 1 unspecified atom stereocenters. The van der Waals surface area contributed by atoms with E-state index >= 15 is 0 Å². The van der Waals surface area contributed by atoms with Crippen LogP contribution in [0.3, 0.4) is 0 Å². The van der Waals surface area contributed by atoms with Crippen LogP contribution in [0.15, 0.2) is 23.6 Å². The van der Waals surface area contributed by atoms with E-state index < -0.39 is 0 Å². The third-order valence-corrected chi connectivity index (χ3v) is 5.65. The van der Waals surface area contributed by atoms with Crippen molar-refractivity contribution in [3.05, 3.63) is 23.6 Å². The van der Waals surface area contributed by atoms with Crippen LogP contribution in [0.25, 0.3) is 0 Å². The third-order valence-electron chi connectivity index (χ3n) is 3.49. The van der Waals surface area contributed by atoms with Crippen molar-refractivity contribution in [1.82, 2.24) is 0 Å². The molecular formula is C14H21FS2. The minimum absolute atomic E-state index is 0.0152. The Morgan fingerprint density at radius 2 is 2.12 bits per heavy atom. The van der Waals surface area contributed by atoms with Gasteiger partial charge in [0.05, 0.1) is 0 Å². The lowest BCUT2D eigenvalue weighted by molar-refractivity contribution is 0.610. The van der Waals surface area contributed by atoms with Crippen molar-refractivity contribution < 1.29 is 4.39 Å². The molecule has 1 saturated carbocycles. The molecule has 1 fully saturated rings. The van der Waals surface area contributed by atoms with E-state index in [0.29, 0.717) is 5.92 Å². The molecule has 17 heavy (non-hydrogen) atoms. The van der Waals surface area contributed by atoms with Crippen molar-refractivity contribution >= 4 is 23.5 Å². The first-order valence-corrected chi connectivity index (χ1v) is 8.91. The van der Waals surface area contributed by atoms with Crippen molar-refractivity contribution in [3.63, 3.8) is 0 Å². The lowest BCUT2D eigenvalue weighted by Gasteiger charge is -2.19. The highest BCUT2D eigenvalue weighted by atomic mass is 32.2. The molecule has 0 aliphatic heterocycles. The topological polar surface area (TPSA) is 0 Å². The van der Waals surface area contributed by atoms with Crippen molar-refractivity contribution in [1.29, 1.82) is 0 Å². The van der Waals surface area contributed by atoms with Crippen LogP contribution >= 0.6 is 23.5 Å². The third kappa shape index (κ3) is 4.06. The number of hydrogen-bond donors (Lipinski definition) is 0. The Hall–Kier alpha value is 0.110. The maximum absolute atomic E-state index is 13.5. The minimum atomic E-state index is 0.0152. The summed E-state index contributed by atoms with van der Waals surface area (Å²) in [5, 5.41) is 0.878. The number of halogens is 1. The summed E-state index contributed by atoms with van der Waals surface area (Å²) in [5.41, 5.74) is 0.917. The van der Waals surface area contributed by atoms with Gasteiger partial charge in [-0.25, -0.2) is 4.39 Å². The minimum Gasteiger partial charge on any atom is -0.207 e. The van der Waals surface area contributed by atoms with Gasteiger partial charge in [-0.05, 0) is 43.1 Å². The van der Waals surface area contributed by atoms with Gasteiger partial charge >= 0.3 is 0 Å². The molecule has 0 radical (unpaired) electrons. The quantitative estimate of drug-likeness (QED) is 0.703. The molecule has 0 bridgehead atoms. The molecule has 1 atom stereocenters. The molecule has 0 N–H and O–H groups in total. The molecule has 2 aliphatic rings. The van der Waals surface area contributed by atoms with Gasteiger partial charge in [0.1, 0.15) is 5.83 Å². The van der Waals surface area contributed by atoms with Crippen molar-refractivity contribution in [2.75, 3.05) is 17.8 Å². The largest absolute Gasteiger partial charge is 0.207 e. The maximum atomic E-state index is 13.5. The molecular weight excluding hydrogens is 251 g/mol. The van der Waals surface area contributed by atoms with E-state index in [1.807, 2.05) is 6.26 Å². The summed E-state index contributed by atoms with van der Waals surface area (Å²) in [4.78, 5) is 0. The zero-order valence-corrected chi connectivity index (χ0v) is 12.1. The van der Waals surface area contributed by atoms with E-state index in [2.05, 4.69) is 17.8 Å². The van der Waals surface area contributed by atoms with E-state index in [-0.39, 0.29) is 5.83 Å². The van der Waals surface area contributed by atoms with Crippen molar-refractivity contribution in [2.45, 2.75) is 37.4 Å². The fourth-order valence-corrected chi connectivity index (χ4v) is 4.48. The molecule has 0 saturated heterocycles. The number of rotatable bonds is 5. The van der Waals surface area contributed by atoms with Gasteiger partial charge in [0.25, 0.3) is 0 Å². The van der Waals surface area contributed by atoms with Crippen molar-refractivity contribution in [2.24, 2.45) is 5.92 Å². The monoisotopic (exact) mass is 272 g/mol. The molecule has 96 valence electrons. The fourth-order valence-electron chi connectivity index (χ4n) is 2.52. The molecule has 0 spiro atoms. The predicted octanol–water partition coefficient (Wildman–Crippen LogP) is 4.82. The molecule has 0 aromatic rings. The lowest BCUT2D eigenvalue weighted by Crippen LogP contribution is -2.09. The lowest BCUT2D eigenvalue weighted by atomic mass is 9.98. The second kappa shape index (κ2) is 6.89. The van der Waals surface area contributed by atoms with Crippen LogP contribution in [-0.2, 0) is 0 Å². The van der Waals surface area contributed by atoms with Gasteiger partial charge in [-0.15, -0.1) is 0 Å². The zero-order valence-electron chi connectivity index (χ0n) is 10.5. The van der Waals surface area contributed by atoms with Crippen LogP contribution in [0.4, 0.5) is 4.39 Å². The first kappa shape index (κ1) is 13.5. The van der Waals surface area contributed by atoms with E-state index in [1.165, 1.54) is 31.4 Å². The number of allylic oxidation sites excluding steroid dienone is 3. The molecule has 0 nitrogen and oxygen atoms in total. The Balaban J connectivity index is 1.81. The highest BCUT2D eigenvalue weighted by molar-refractivity contribution is 7.99. The normalized spacial score (nSPS) is 25.9. The molecule has 3 heteroatoms. The summed E-state index contributed by atoms with van der Waals surface area (Å²) in [5.74, 6) is 2.56. The Bertz CT molecular complexity index is 303. The predicted molar refractivity (Wildman–Crippen MR) is 78.5 cm³/mol. The smallest absolute Gasteiger partial charge is 0.122 e.